The molecule has 3 amide bonds. The van der Waals surface area contributed by atoms with Crippen LogP contribution in [0.5, 0.6) is 0 Å². The first-order chi connectivity index (χ1) is 11.5. The van der Waals surface area contributed by atoms with Crippen molar-refractivity contribution in [3.63, 3.8) is 0 Å². The summed E-state index contributed by atoms with van der Waals surface area (Å²) in [7, 11) is 0. The molecule has 1 saturated heterocycles. The van der Waals surface area contributed by atoms with Crippen molar-refractivity contribution in [2.75, 3.05) is 11.9 Å². The fourth-order valence-corrected chi connectivity index (χ4v) is 4.93. The average molecular weight is 391 g/mol. The number of anilines is 1. The SMILES string of the molecule is O=C(CCN1C(=O)[C@@H]2[C@H]3CC[C@@H](C3)[C@@H]2C1=O)Nc1ccc(Br)cc1. The molecule has 2 aliphatic carbocycles. The van der Waals surface area contributed by atoms with E-state index in [1.807, 2.05) is 12.1 Å². The number of fused-ring (bicyclic) bond motifs is 5. The summed E-state index contributed by atoms with van der Waals surface area (Å²) in [5.74, 6) is 0.285. The van der Waals surface area contributed by atoms with E-state index in [1.54, 1.807) is 12.1 Å². The fraction of sp³-hybridized carbons (Fsp3) is 0.500. The molecule has 1 heterocycles. The molecule has 3 fully saturated rings. The summed E-state index contributed by atoms with van der Waals surface area (Å²) >= 11 is 3.34. The molecule has 2 bridgehead atoms. The number of imide groups is 1. The van der Waals surface area contributed by atoms with E-state index in [2.05, 4.69) is 21.2 Å². The zero-order chi connectivity index (χ0) is 16.8. The highest BCUT2D eigenvalue weighted by molar-refractivity contribution is 9.10. The molecule has 0 aromatic heterocycles. The minimum Gasteiger partial charge on any atom is -0.326 e. The third kappa shape index (κ3) is 2.57. The standard InChI is InChI=1S/C18H19BrN2O3/c19-12-3-5-13(6-4-12)20-14(22)7-8-21-17(23)15-10-1-2-11(9-10)16(15)18(21)24/h3-6,10-11,15-16H,1-2,7-9H2,(H,20,22)/t10-,11-,15-,16+/m0/s1. The van der Waals surface area contributed by atoms with Gasteiger partial charge in [0.2, 0.25) is 17.7 Å². The van der Waals surface area contributed by atoms with Crippen LogP contribution in [0.4, 0.5) is 5.69 Å². The average Bonchev–Trinajstić information content (AvgIpc) is 3.23. The number of hydrogen-bond donors (Lipinski definition) is 1. The Bertz CT molecular complexity index is 675. The van der Waals surface area contributed by atoms with Gasteiger partial charge < -0.3 is 5.32 Å². The van der Waals surface area contributed by atoms with Crippen LogP contribution in [0.15, 0.2) is 28.7 Å². The van der Waals surface area contributed by atoms with Crippen molar-refractivity contribution in [3.8, 4) is 0 Å². The quantitative estimate of drug-likeness (QED) is 0.803. The Morgan fingerprint density at radius 2 is 1.67 bits per heavy atom. The highest BCUT2D eigenvalue weighted by Gasteiger charge is 2.60. The molecule has 0 unspecified atom stereocenters. The van der Waals surface area contributed by atoms with Gasteiger partial charge in [0.05, 0.1) is 11.8 Å². The maximum Gasteiger partial charge on any atom is 0.233 e. The molecule has 1 aromatic rings. The highest BCUT2D eigenvalue weighted by Crippen LogP contribution is 2.56. The number of likely N-dealkylation sites (tertiary alicyclic amines) is 1. The number of amides is 3. The molecule has 1 aromatic carbocycles. The molecular formula is C18H19BrN2O3. The van der Waals surface area contributed by atoms with Gasteiger partial charge in [0.25, 0.3) is 0 Å². The lowest BCUT2D eigenvalue weighted by atomic mass is 9.81. The Morgan fingerprint density at radius 3 is 2.25 bits per heavy atom. The first kappa shape index (κ1) is 15.8. The topological polar surface area (TPSA) is 66.5 Å². The van der Waals surface area contributed by atoms with Crippen molar-refractivity contribution >= 4 is 39.3 Å². The van der Waals surface area contributed by atoms with Crippen molar-refractivity contribution in [2.24, 2.45) is 23.7 Å². The Labute approximate surface area is 148 Å². The summed E-state index contributed by atoms with van der Waals surface area (Å²) in [6.07, 6.45) is 3.32. The van der Waals surface area contributed by atoms with Crippen molar-refractivity contribution in [1.29, 1.82) is 0 Å². The number of rotatable bonds is 4. The zero-order valence-corrected chi connectivity index (χ0v) is 14.8. The van der Waals surface area contributed by atoms with Gasteiger partial charge in [-0.1, -0.05) is 15.9 Å². The smallest absolute Gasteiger partial charge is 0.233 e. The lowest BCUT2D eigenvalue weighted by Crippen LogP contribution is -2.35. The monoisotopic (exact) mass is 390 g/mol. The largest absolute Gasteiger partial charge is 0.326 e. The minimum absolute atomic E-state index is 0.0476. The number of halogens is 1. The molecule has 126 valence electrons. The second kappa shape index (κ2) is 5.99. The van der Waals surface area contributed by atoms with E-state index < -0.39 is 0 Å². The number of carbonyl (C=O) groups excluding carboxylic acids is 3. The maximum absolute atomic E-state index is 12.6. The van der Waals surface area contributed by atoms with Gasteiger partial charge in [0, 0.05) is 23.1 Å². The number of carbonyl (C=O) groups is 3. The van der Waals surface area contributed by atoms with Gasteiger partial charge in [0.15, 0.2) is 0 Å². The van der Waals surface area contributed by atoms with Gasteiger partial charge in [-0.3, -0.25) is 19.3 Å². The second-order valence-electron chi connectivity index (χ2n) is 7.02. The predicted molar refractivity (Wildman–Crippen MR) is 91.9 cm³/mol. The van der Waals surface area contributed by atoms with Gasteiger partial charge in [0.1, 0.15) is 0 Å². The van der Waals surface area contributed by atoms with Crippen molar-refractivity contribution in [3.05, 3.63) is 28.7 Å². The van der Waals surface area contributed by atoms with Crippen LogP contribution in [0.3, 0.4) is 0 Å². The van der Waals surface area contributed by atoms with Gasteiger partial charge >= 0.3 is 0 Å². The molecular weight excluding hydrogens is 372 g/mol. The number of benzene rings is 1. The lowest BCUT2D eigenvalue weighted by Gasteiger charge is -2.19. The molecule has 0 radical (unpaired) electrons. The number of nitrogens with one attached hydrogen (secondary N) is 1. The van der Waals surface area contributed by atoms with Gasteiger partial charge in [-0.25, -0.2) is 0 Å². The van der Waals surface area contributed by atoms with Crippen LogP contribution in [0.25, 0.3) is 0 Å². The van der Waals surface area contributed by atoms with E-state index in [4.69, 9.17) is 0 Å². The highest BCUT2D eigenvalue weighted by atomic mass is 79.9. The summed E-state index contributed by atoms with van der Waals surface area (Å²) in [4.78, 5) is 38.5. The van der Waals surface area contributed by atoms with Gasteiger partial charge in [-0.05, 0) is 55.4 Å². The van der Waals surface area contributed by atoms with Crippen LogP contribution in [0.2, 0.25) is 0 Å². The minimum atomic E-state index is -0.182. The van der Waals surface area contributed by atoms with Crippen LogP contribution in [-0.4, -0.2) is 29.2 Å². The molecule has 4 rings (SSSR count). The summed E-state index contributed by atoms with van der Waals surface area (Å²) in [5.41, 5.74) is 0.706. The maximum atomic E-state index is 12.6. The van der Waals surface area contributed by atoms with Crippen LogP contribution in [0.1, 0.15) is 25.7 Å². The van der Waals surface area contributed by atoms with Crippen molar-refractivity contribution < 1.29 is 14.4 Å². The van der Waals surface area contributed by atoms with Gasteiger partial charge in [-0.2, -0.15) is 0 Å². The second-order valence-corrected chi connectivity index (χ2v) is 7.93. The summed E-state index contributed by atoms with van der Waals surface area (Å²) in [6, 6.07) is 7.30. The molecule has 1 N–H and O–H groups in total. The Hall–Kier alpha value is -1.69. The van der Waals surface area contributed by atoms with E-state index in [1.165, 1.54) is 4.90 Å². The first-order valence-corrected chi connectivity index (χ1v) is 9.24. The Kier molecular flexibility index (Phi) is 3.95. The molecule has 5 nitrogen and oxygen atoms in total. The molecule has 3 aliphatic rings. The third-order valence-corrected chi connectivity index (χ3v) is 6.24. The fourth-order valence-electron chi connectivity index (χ4n) is 4.66. The predicted octanol–water partition coefficient (Wildman–Crippen LogP) is 2.81. The van der Waals surface area contributed by atoms with Gasteiger partial charge in [-0.15, -0.1) is 0 Å². The van der Waals surface area contributed by atoms with E-state index >= 15 is 0 Å². The van der Waals surface area contributed by atoms with Crippen LogP contribution in [0, 0.1) is 23.7 Å². The molecule has 2 saturated carbocycles. The zero-order valence-electron chi connectivity index (χ0n) is 13.2. The van der Waals surface area contributed by atoms with Crippen LogP contribution >= 0.6 is 15.9 Å². The van der Waals surface area contributed by atoms with E-state index in [0.717, 1.165) is 23.7 Å². The van der Waals surface area contributed by atoms with Crippen molar-refractivity contribution in [1.82, 2.24) is 4.90 Å². The molecule has 1 aliphatic heterocycles. The van der Waals surface area contributed by atoms with Crippen molar-refractivity contribution in [2.45, 2.75) is 25.7 Å². The summed E-state index contributed by atoms with van der Waals surface area (Å²) in [6.45, 7) is 0.187. The summed E-state index contributed by atoms with van der Waals surface area (Å²) in [5, 5.41) is 2.79. The molecule has 24 heavy (non-hydrogen) atoms. The Morgan fingerprint density at radius 1 is 1.08 bits per heavy atom. The number of nitrogens with zero attached hydrogens (tertiary/aromatic N) is 1. The van der Waals surface area contributed by atoms with E-state index in [9.17, 15) is 14.4 Å². The lowest BCUT2D eigenvalue weighted by molar-refractivity contribution is -0.140. The normalized spacial score (nSPS) is 30.8. The first-order valence-electron chi connectivity index (χ1n) is 8.45. The van der Waals surface area contributed by atoms with E-state index in [0.29, 0.717) is 17.5 Å². The van der Waals surface area contributed by atoms with Crippen LogP contribution < -0.4 is 5.32 Å². The molecule has 0 spiro atoms. The summed E-state index contributed by atoms with van der Waals surface area (Å²) < 4.78 is 0.940. The number of hydrogen-bond acceptors (Lipinski definition) is 3. The molecule has 6 heteroatoms. The third-order valence-electron chi connectivity index (χ3n) is 5.71. The Balaban J connectivity index is 1.36. The van der Waals surface area contributed by atoms with E-state index in [-0.39, 0.29) is 42.5 Å². The van der Waals surface area contributed by atoms with Crippen LogP contribution in [-0.2, 0) is 14.4 Å². The molecule has 4 atom stereocenters.